The van der Waals surface area contributed by atoms with E-state index in [4.69, 9.17) is 0 Å². The molecule has 2 heteroatoms. The molecule has 0 atom stereocenters. The molecule has 1 aliphatic rings. The lowest BCUT2D eigenvalue weighted by atomic mass is 9.87. The summed E-state index contributed by atoms with van der Waals surface area (Å²) < 4.78 is 13.1. The van der Waals surface area contributed by atoms with E-state index < -0.39 is 0 Å². The lowest BCUT2D eigenvalue weighted by Crippen LogP contribution is -2.28. The molecule has 1 nitrogen and oxygen atoms in total. The third-order valence-corrected chi connectivity index (χ3v) is 3.00. The van der Waals surface area contributed by atoms with Crippen molar-refractivity contribution in [2.24, 2.45) is 0 Å². The Hall–Kier alpha value is -1.05. The SMILES string of the molecule is CCN1CC(C)(C)c2cc(F)ccc21. The van der Waals surface area contributed by atoms with Gasteiger partial charge in [0.05, 0.1) is 0 Å². The first-order valence-electron chi connectivity index (χ1n) is 5.09. The van der Waals surface area contributed by atoms with Gasteiger partial charge in [0.25, 0.3) is 0 Å². The van der Waals surface area contributed by atoms with Gasteiger partial charge in [0.15, 0.2) is 0 Å². The molecular weight excluding hydrogens is 177 g/mol. The van der Waals surface area contributed by atoms with Gasteiger partial charge in [0.1, 0.15) is 5.82 Å². The molecule has 1 aromatic carbocycles. The van der Waals surface area contributed by atoms with Crippen LogP contribution in [0.25, 0.3) is 0 Å². The average molecular weight is 193 g/mol. The van der Waals surface area contributed by atoms with Crippen LogP contribution in [-0.2, 0) is 5.41 Å². The Balaban J connectivity index is 2.54. The molecule has 76 valence electrons. The summed E-state index contributed by atoms with van der Waals surface area (Å²) in [4.78, 5) is 2.30. The zero-order chi connectivity index (χ0) is 10.3. The van der Waals surface area contributed by atoms with E-state index in [0.717, 1.165) is 18.7 Å². The van der Waals surface area contributed by atoms with Crippen molar-refractivity contribution in [3.8, 4) is 0 Å². The maximum atomic E-state index is 13.1. The Morgan fingerprint density at radius 2 is 2.14 bits per heavy atom. The van der Waals surface area contributed by atoms with Crippen molar-refractivity contribution in [3.63, 3.8) is 0 Å². The topological polar surface area (TPSA) is 3.24 Å². The summed E-state index contributed by atoms with van der Waals surface area (Å²) in [6.45, 7) is 8.45. The fourth-order valence-electron chi connectivity index (χ4n) is 2.26. The highest BCUT2D eigenvalue weighted by Crippen LogP contribution is 2.40. The number of likely N-dealkylation sites (N-methyl/N-ethyl adjacent to an activating group) is 1. The second-order valence-corrected chi connectivity index (χ2v) is 4.56. The van der Waals surface area contributed by atoms with Crippen LogP contribution >= 0.6 is 0 Å². The number of anilines is 1. The monoisotopic (exact) mass is 193 g/mol. The summed E-state index contributed by atoms with van der Waals surface area (Å²) in [6.07, 6.45) is 0. The Morgan fingerprint density at radius 3 is 2.79 bits per heavy atom. The fraction of sp³-hybridized carbons (Fsp3) is 0.500. The molecule has 0 aromatic heterocycles. The van der Waals surface area contributed by atoms with Crippen LogP contribution in [0.1, 0.15) is 26.3 Å². The predicted octanol–water partition coefficient (Wildman–Crippen LogP) is 2.94. The van der Waals surface area contributed by atoms with E-state index in [1.807, 2.05) is 6.07 Å². The third-order valence-electron chi connectivity index (χ3n) is 3.00. The standard InChI is InChI=1S/C12H16FN/c1-4-14-8-12(2,3)10-7-9(13)5-6-11(10)14/h5-7H,4,8H2,1-3H3. The minimum Gasteiger partial charge on any atom is -0.371 e. The number of hydrogen-bond donors (Lipinski definition) is 0. The van der Waals surface area contributed by atoms with Gasteiger partial charge in [0, 0.05) is 24.2 Å². The van der Waals surface area contributed by atoms with Gasteiger partial charge in [-0.05, 0) is 30.7 Å². The molecule has 0 aliphatic carbocycles. The van der Waals surface area contributed by atoms with E-state index in [1.165, 1.54) is 5.69 Å². The fourth-order valence-corrected chi connectivity index (χ4v) is 2.26. The van der Waals surface area contributed by atoms with Crippen LogP contribution in [0.5, 0.6) is 0 Å². The normalized spacial score (nSPS) is 18.4. The molecule has 0 spiro atoms. The number of hydrogen-bond acceptors (Lipinski definition) is 1. The molecule has 0 amide bonds. The molecule has 1 aromatic rings. The summed E-state index contributed by atoms with van der Waals surface area (Å²) in [7, 11) is 0. The van der Waals surface area contributed by atoms with Crippen molar-refractivity contribution in [2.45, 2.75) is 26.2 Å². The zero-order valence-electron chi connectivity index (χ0n) is 8.97. The molecule has 0 radical (unpaired) electrons. The van der Waals surface area contributed by atoms with Crippen molar-refractivity contribution in [2.75, 3.05) is 18.0 Å². The smallest absolute Gasteiger partial charge is 0.123 e. The number of nitrogens with zero attached hydrogens (tertiary/aromatic N) is 1. The maximum Gasteiger partial charge on any atom is 0.123 e. The Morgan fingerprint density at radius 1 is 1.43 bits per heavy atom. The second kappa shape index (κ2) is 2.97. The summed E-state index contributed by atoms with van der Waals surface area (Å²) in [6, 6.07) is 5.11. The van der Waals surface area contributed by atoms with E-state index in [9.17, 15) is 4.39 Å². The van der Waals surface area contributed by atoms with Crippen LogP contribution in [0.15, 0.2) is 18.2 Å². The first-order chi connectivity index (χ1) is 6.54. The van der Waals surface area contributed by atoms with Crippen LogP contribution in [0.2, 0.25) is 0 Å². The molecular formula is C12H16FN. The number of fused-ring (bicyclic) bond motifs is 1. The predicted molar refractivity (Wildman–Crippen MR) is 57.3 cm³/mol. The van der Waals surface area contributed by atoms with E-state index in [2.05, 4.69) is 25.7 Å². The van der Waals surface area contributed by atoms with Crippen molar-refractivity contribution in [1.82, 2.24) is 0 Å². The molecule has 0 bridgehead atoms. The molecule has 0 saturated carbocycles. The summed E-state index contributed by atoms with van der Waals surface area (Å²) >= 11 is 0. The van der Waals surface area contributed by atoms with E-state index in [-0.39, 0.29) is 11.2 Å². The zero-order valence-corrected chi connectivity index (χ0v) is 8.97. The molecule has 2 rings (SSSR count). The highest BCUT2D eigenvalue weighted by molar-refractivity contribution is 5.62. The van der Waals surface area contributed by atoms with Gasteiger partial charge in [-0.3, -0.25) is 0 Å². The molecule has 0 N–H and O–H groups in total. The van der Waals surface area contributed by atoms with Gasteiger partial charge in [-0.1, -0.05) is 13.8 Å². The number of rotatable bonds is 1. The second-order valence-electron chi connectivity index (χ2n) is 4.56. The van der Waals surface area contributed by atoms with Crippen molar-refractivity contribution >= 4 is 5.69 Å². The van der Waals surface area contributed by atoms with E-state index in [1.54, 1.807) is 12.1 Å². The first kappa shape index (κ1) is 9.50. The van der Waals surface area contributed by atoms with Gasteiger partial charge in [-0.2, -0.15) is 0 Å². The molecule has 14 heavy (non-hydrogen) atoms. The highest BCUT2D eigenvalue weighted by atomic mass is 19.1. The largest absolute Gasteiger partial charge is 0.371 e. The molecule has 1 heterocycles. The van der Waals surface area contributed by atoms with Gasteiger partial charge in [-0.25, -0.2) is 4.39 Å². The van der Waals surface area contributed by atoms with Crippen molar-refractivity contribution in [3.05, 3.63) is 29.6 Å². The average Bonchev–Trinajstić information content (AvgIpc) is 2.38. The summed E-state index contributed by atoms with van der Waals surface area (Å²) in [5.74, 6) is -0.130. The molecule has 1 aliphatic heterocycles. The van der Waals surface area contributed by atoms with Crippen molar-refractivity contribution < 1.29 is 4.39 Å². The third kappa shape index (κ3) is 1.29. The van der Waals surface area contributed by atoms with Gasteiger partial charge in [-0.15, -0.1) is 0 Å². The minimum absolute atomic E-state index is 0.0768. The van der Waals surface area contributed by atoms with Gasteiger partial charge >= 0.3 is 0 Å². The van der Waals surface area contributed by atoms with Gasteiger partial charge in [0.2, 0.25) is 0 Å². The Kier molecular flexibility index (Phi) is 2.02. The number of halogens is 1. The van der Waals surface area contributed by atoms with Crippen LogP contribution in [-0.4, -0.2) is 13.1 Å². The van der Waals surface area contributed by atoms with E-state index >= 15 is 0 Å². The minimum atomic E-state index is -0.130. The molecule has 0 fully saturated rings. The highest BCUT2D eigenvalue weighted by Gasteiger charge is 2.34. The van der Waals surface area contributed by atoms with Crippen molar-refractivity contribution in [1.29, 1.82) is 0 Å². The van der Waals surface area contributed by atoms with Crippen LogP contribution < -0.4 is 4.90 Å². The van der Waals surface area contributed by atoms with Crippen LogP contribution in [0.3, 0.4) is 0 Å². The molecule has 0 unspecified atom stereocenters. The van der Waals surface area contributed by atoms with Crippen LogP contribution in [0, 0.1) is 5.82 Å². The lowest BCUT2D eigenvalue weighted by Gasteiger charge is -2.20. The Labute approximate surface area is 84.5 Å². The first-order valence-corrected chi connectivity index (χ1v) is 5.09. The quantitative estimate of drug-likeness (QED) is 0.662. The lowest BCUT2D eigenvalue weighted by molar-refractivity contribution is 0.548. The van der Waals surface area contributed by atoms with Crippen LogP contribution in [0.4, 0.5) is 10.1 Å². The van der Waals surface area contributed by atoms with E-state index in [0.29, 0.717) is 0 Å². The Bertz CT molecular complexity index is 357. The number of benzene rings is 1. The summed E-state index contributed by atoms with van der Waals surface area (Å²) in [5.41, 5.74) is 2.41. The molecule has 0 saturated heterocycles. The maximum absolute atomic E-state index is 13.1. The van der Waals surface area contributed by atoms with Gasteiger partial charge < -0.3 is 4.90 Å². The summed E-state index contributed by atoms with van der Waals surface area (Å²) in [5, 5.41) is 0.